The molecule has 1 N–H and O–H groups in total. The molecule has 0 heterocycles. The maximum atomic E-state index is 12.8. The Kier molecular flexibility index (Phi) is 6.38. The maximum absolute atomic E-state index is 12.8. The third-order valence-electron chi connectivity index (χ3n) is 3.36. The molecule has 0 bridgehead atoms. The molecule has 27 heavy (non-hydrogen) atoms. The van der Waals surface area contributed by atoms with Crippen molar-refractivity contribution in [3.63, 3.8) is 0 Å². The van der Waals surface area contributed by atoms with Gasteiger partial charge in [0.05, 0.1) is 5.56 Å². The Balaban J connectivity index is 1.86. The number of amides is 1. The van der Waals surface area contributed by atoms with Crippen LogP contribution in [0.15, 0.2) is 48.5 Å². The molecule has 0 aliphatic carbocycles. The lowest BCUT2D eigenvalue weighted by atomic mass is 10.2. The number of hydrogen-bond acceptors (Lipinski definition) is 4. The van der Waals surface area contributed by atoms with E-state index in [9.17, 15) is 27.2 Å². The molecule has 0 radical (unpaired) electrons. The van der Waals surface area contributed by atoms with E-state index in [4.69, 9.17) is 4.74 Å². The highest BCUT2D eigenvalue weighted by Crippen LogP contribution is 2.23. The van der Waals surface area contributed by atoms with Crippen LogP contribution in [-0.2, 0) is 16.1 Å². The summed E-state index contributed by atoms with van der Waals surface area (Å²) >= 11 is 0. The van der Waals surface area contributed by atoms with Crippen LogP contribution in [0.4, 0.5) is 17.6 Å². The highest BCUT2D eigenvalue weighted by molar-refractivity contribution is 5.92. The maximum Gasteiger partial charge on any atom is 0.573 e. The minimum absolute atomic E-state index is 0.0392. The quantitative estimate of drug-likeness (QED) is 0.610. The van der Waals surface area contributed by atoms with Crippen molar-refractivity contribution < 1.29 is 36.6 Å². The highest BCUT2D eigenvalue weighted by atomic mass is 19.4. The summed E-state index contributed by atoms with van der Waals surface area (Å²) in [5.74, 6) is -2.34. The lowest BCUT2D eigenvalue weighted by Crippen LogP contribution is -2.35. The number of benzene rings is 2. The largest absolute Gasteiger partial charge is 0.573 e. The molecule has 1 amide bonds. The molecular formula is C18H15F4NO4. The fraction of sp³-hybridized carbons (Fsp3) is 0.222. The molecule has 0 aromatic heterocycles. The van der Waals surface area contributed by atoms with Gasteiger partial charge in [-0.15, -0.1) is 13.2 Å². The second-order valence-electron chi connectivity index (χ2n) is 5.46. The summed E-state index contributed by atoms with van der Waals surface area (Å²) in [6.07, 6.45) is -5.97. The Bertz CT molecular complexity index is 789. The lowest BCUT2D eigenvalue weighted by molar-refractivity contribution is -0.274. The smallest absolute Gasteiger partial charge is 0.449 e. The molecule has 0 unspecified atom stereocenters. The van der Waals surface area contributed by atoms with Crippen LogP contribution in [0.1, 0.15) is 22.8 Å². The van der Waals surface area contributed by atoms with Gasteiger partial charge in [-0.1, -0.05) is 12.1 Å². The Morgan fingerprint density at radius 1 is 1.04 bits per heavy atom. The van der Waals surface area contributed by atoms with Crippen molar-refractivity contribution in [3.8, 4) is 5.75 Å². The van der Waals surface area contributed by atoms with E-state index in [1.165, 1.54) is 31.2 Å². The van der Waals surface area contributed by atoms with Gasteiger partial charge in [-0.3, -0.25) is 4.79 Å². The Morgan fingerprint density at radius 3 is 2.19 bits per heavy atom. The molecule has 0 spiro atoms. The van der Waals surface area contributed by atoms with E-state index in [0.717, 1.165) is 24.3 Å². The first-order valence-electron chi connectivity index (χ1n) is 7.73. The minimum Gasteiger partial charge on any atom is -0.449 e. The van der Waals surface area contributed by atoms with Gasteiger partial charge in [-0.25, -0.2) is 9.18 Å². The summed E-state index contributed by atoms with van der Waals surface area (Å²) in [7, 11) is 0. The zero-order valence-corrected chi connectivity index (χ0v) is 14.0. The normalized spacial score (nSPS) is 12.2. The summed E-state index contributed by atoms with van der Waals surface area (Å²) in [4.78, 5) is 23.9. The number of nitrogens with one attached hydrogen (secondary N) is 1. The fourth-order valence-electron chi connectivity index (χ4n) is 2.01. The molecule has 2 rings (SSSR count). The molecule has 1 atom stereocenters. The van der Waals surface area contributed by atoms with Gasteiger partial charge in [0.15, 0.2) is 6.10 Å². The van der Waals surface area contributed by atoms with Crippen LogP contribution in [0.25, 0.3) is 0 Å². The molecule has 9 heteroatoms. The molecule has 0 saturated carbocycles. The third kappa shape index (κ3) is 6.61. The van der Waals surface area contributed by atoms with Crippen LogP contribution in [0.5, 0.6) is 5.75 Å². The second-order valence-corrected chi connectivity index (χ2v) is 5.46. The Hall–Kier alpha value is -3.10. The summed E-state index contributed by atoms with van der Waals surface area (Å²) in [6.45, 7) is 1.46. The van der Waals surface area contributed by atoms with E-state index < -0.39 is 35.9 Å². The van der Waals surface area contributed by atoms with Crippen molar-refractivity contribution in [2.45, 2.75) is 25.9 Å². The second kappa shape index (κ2) is 8.52. The summed E-state index contributed by atoms with van der Waals surface area (Å²) in [6, 6.07) is 9.59. The van der Waals surface area contributed by atoms with E-state index in [2.05, 4.69) is 10.1 Å². The minimum atomic E-state index is -4.83. The molecule has 0 aliphatic rings. The van der Waals surface area contributed by atoms with E-state index in [1.807, 2.05) is 0 Å². The number of alkyl halides is 3. The molecule has 0 aliphatic heterocycles. The van der Waals surface area contributed by atoms with E-state index >= 15 is 0 Å². The fourth-order valence-corrected chi connectivity index (χ4v) is 2.01. The zero-order chi connectivity index (χ0) is 20.0. The first-order chi connectivity index (χ1) is 12.6. The van der Waals surface area contributed by atoms with Crippen molar-refractivity contribution in [1.82, 2.24) is 5.32 Å². The Labute approximate surface area is 151 Å². The Morgan fingerprint density at radius 2 is 1.63 bits per heavy atom. The van der Waals surface area contributed by atoms with Crippen molar-refractivity contribution in [2.75, 3.05) is 0 Å². The van der Waals surface area contributed by atoms with E-state index in [1.54, 1.807) is 0 Å². The first-order valence-corrected chi connectivity index (χ1v) is 7.73. The molecule has 2 aromatic carbocycles. The SMILES string of the molecule is C[C@@H](OC(=O)c1ccc(OC(F)(F)F)cc1)C(=O)NCc1ccc(F)cc1. The van der Waals surface area contributed by atoms with Gasteiger partial charge in [-0.2, -0.15) is 0 Å². The van der Waals surface area contributed by atoms with Crippen LogP contribution in [0.2, 0.25) is 0 Å². The van der Waals surface area contributed by atoms with Crippen LogP contribution >= 0.6 is 0 Å². The van der Waals surface area contributed by atoms with Gasteiger partial charge in [0, 0.05) is 6.54 Å². The first kappa shape index (κ1) is 20.2. The monoisotopic (exact) mass is 385 g/mol. The van der Waals surface area contributed by atoms with E-state index in [-0.39, 0.29) is 12.1 Å². The van der Waals surface area contributed by atoms with Crippen molar-refractivity contribution in [1.29, 1.82) is 0 Å². The van der Waals surface area contributed by atoms with Crippen molar-refractivity contribution >= 4 is 11.9 Å². The van der Waals surface area contributed by atoms with Gasteiger partial charge in [-0.05, 0) is 48.9 Å². The summed E-state index contributed by atoms with van der Waals surface area (Å²) < 4.78 is 57.8. The van der Waals surface area contributed by atoms with Crippen LogP contribution in [0.3, 0.4) is 0 Å². The predicted octanol–water partition coefficient (Wildman–Crippen LogP) is 3.59. The third-order valence-corrected chi connectivity index (χ3v) is 3.36. The molecular weight excluding hydrogens is 370 g/mol. The average molecular weight is 385 g/mol. The molecule has 0 fully saturated rings. The number of ether oxygens (including phenoxy) is 2. The molecule has 5 nitrogen and oxygen atoms in total. The molecule has 2 aromatic rings. The van der Waals surface area contributed by atoms with Crippen LogP contribution in [0, 0.1) is 5.82 Å². The van der Waals surface area contributed by atoms with Crippen LogP contribution < -0.4 is 10.1 Å². The average Bonchev–Trinajstić information content (AvgIpc) is 2.60. The number of esters is 1. The van der Waals surface area contributed by atoms with Gasteiger partial charge < -0.3 is 14.8 Å². The highest BCUT2D eigenvalue weighted by Gasteiger charge is 2.31. The standard InChI is InChI=1S/C18H15F4NO4/c1-11(16(24)23-10-12-2-6-14(19)7-3-12)26-17(25)13-4-8-15(9-5-13)27-18(20,21)22/h2-9,11H,10H2,1H3,(H,23,24)/t11-/m1/s1. The topological polar surface area (TPSA) is 64.6 Å². The van der Waals surface area contributed by atoms with Gasteiger partial charge in [0.25, 0.3) is 5.91 Å². The van der Waals surface area contributed by atoms with Gasteiger partial charge in [0.1, 0.15) is 11.6 Å². The predicted molar refractivity (Wildman–Crippen MR) is 86.2 cm³/mol. The lowest BCUT2D eigenvalue weighted by Gasteiger charge is -2.14. The molecule has 0 saturated heterocycles. The number of carbonyl (C=O) groups excluding carboxylic acids is 2. The van der Waals surface area contributed by atoms with Crippen molar-refractivity contribution in [3.05, 3.63) is 65.5 Å². The molecule has 144 valence electrons. The summed E-state index contributed by atoms with van der Waals surface area (Å²) in [5.41, 5.74) is 0.617. The number of rotatable bonds is 6. The van der Waals surface area contributed by atoms with Crippen molar-refractivity contribution in [2.24, 2.45) is 0 Å². The zero-order valence-electron chi connectivity index (χ0n) is 14.0. The van der Waals surface area contributed by atoms with Crippen LogP contribution in [-0.4, -0.2) is 24.3 Å². The summed E-state index contributed by atoms with van der Waals surface area (Å²) in [5, 5.41) is 2.53. The van der Waals surface area contributed by atoms with Gasteiger partial charge in [0.2, 0.25) is 0 Å². The van der Waals surface area contributed by atoms with E-state index in [0.29, 0.717) is 5.56 Å². The number of hydrogen-bond donors (Lipinski definition) is 1. The number of carbonyl (C=O) groups is 2. The van der Waals surface area contributed by atoms with Gasteiger partial charge >= 0.3 is 12.3 Å². The number of halogens is 4.